The zero-order valence-electron chi connectivity index (χ0n) is 8.43. The van der Waals surface area contributed by atoms with Crippen LogP contribution < -0.4 is 5.73 Å². The second kappa shape index (κ2) is 4.51. The van der Waals surface area contributed by atoms with Crippen LogP contribution in [0.5, 0.6) is 0 Å². The number of hydrogen-bond acceptors (Lipinski definition) is 4. The van der Waals surface area contributed by atoms with Crippen LogP contribution >= 0.6 is 11.8 Å². The van der Waals surface area contributed by atoms with Gasteiger partial charge in [-0.2, -0.15) is 0 Å². The molecule has 0 atom stereocenters. The molecule has 0 spiro atoms. The molecule has 2 aromatic rings. The second-order valence-electron chi connectivity index (χ2n) is 3.11. The standard InChI is InChI=1S/C11H12N2OS/c1-8-10(4-6-14-8)15-11-9(7-12)3-2-5-13-11/h2-6H,7,12H2,1H3. The molecule has 0 aliphatic carbocycles. The van der Waals surface area contributed by atoms with Crippen molar-refractivity contribution >= 4 is 11.8 Å². The molecule has 0 aliphatic heterocycles. The normalized spacial score (nSPS) is 10.5. The number of furan rings is 1. The molecule has 15 heavy (non-hydrogen) atoms. The Morgan fingerprint density at radius 1 is 1.47 bits per heavy atom. The van der Waals surface area contributed by atoms with Gasteiger partial charge in [0.15, 0.2) is 0 Å². The summed E-state index contributed by atoms with van der Waals surface area (Å²) in [4.78, 5) is 5.39. The molecule has 2 rings (SSSR count). The predicted octanol–water partition coefficient (Wildman–Crippen LogP) is 2.59. The number of nitrogens with zero attached hydrogens (tertiary/aromatic N) is 1. The average molecular weight is 220 g/mol. The smallest absolute Gasteiger partial charge is 0.114 e. The third kappa shape index (κ3) is 2.22. The van der Waals surface area contributed by atoms with Gasteiger partial charge in [-0.05, 0) is 24.6 Å². The minimum Gasteiger partial charge on any atom is -0.468 e. The number of aryl methyl sites for hydroxylation is 1. The molecule has 0 bridgehead atoms. The van der Waals surface area contributed by atoms with E-state index in [9.17, 15) is 0 Å². The first-order chi connectivity index (χ1) is 7.31. The van der Waals surface area contributed by atoms with Crippen molar-refractivity contribution in [2.75, 3.05) is 0 Å². The molecule has 0 aliphatic rings. The molecule has 0 amide bonds. The van der Waals surface area contributed by atoms with Crippen LogP contribution in [0.4, 0.5) is 0 Å². The summed E-state index contributed by atoms with van der Waals surface area (Å²) in [5.41, 5.74) is 6.70. The fourth-order valence-corrected chi connectivity index (χ4v) is 2.17. The van der Waals surface area contributed by atoms with Gasteiger partial charge in [0.1, 0.15) is 10.8 Å². The summed E-state index contributed by atoms with van der Waals surface area (Å²) in [5, 5.41) is 0.949. The van der Waals surface area contributed by atoms with E-state index in [1.165, 1.54) is 0 Å². The molecular weight excluding hydrogens is 208 g/mol. The Bertz CT molecular complexity index is 453. The van der Waals surface area contributed by atoms with Crippen LogP contribution in [0.3, 0.4) is 0 Å². The molecule has 0 aromatic carbocycles. The van der Waals surface area contributed by atoms with Crippen molar-refractivity contribution in [2.45, 2.75) is 23.4 Å². The third-order valence-electron chi connectivity index (χ3n) is 2.09. The van der Waals surface area contributed by atoms with E-state index in [2.05, 4.69) is 4.98 Å². The summed E-state index contributed by atoms with van der Waals surface area (Å²) >= 11 is 1.59. The monoisotopic (exact) mass is 220 g/mol. The van der Waals surface area contributed by atoms with Crippen molar-refractivity contribution in [3.05, 3.63) is 42.0 Å². The molecule has 0 unspecified atom stereocenters. The molecule has 0 radical (unpaired) electrons. The highest BCUT2D eigenvalue weighted by molar-refractivity contribution is 7.99. The fourth-order valence-electron chi connectivity index (χ4n) is 1.25. The summed E-state index contributed by atoms with van der Waals surface area (Å²) in [7, 11) is 0. The van der Waals surface area contributed by atoms with Crippen LogP contribution in [0.2, 0.25) is 0 Å². The van der Waals surface area contributed by atoms with Gasteiger partial charge in [0.2, 0.25) is 0 Å². The summed E-state index contributed by atoms with van der Waals surface area (Å²) < 4.78 is 5.23. The highest BCUT2D eigenvalue weighted by Crippen LogP contribution is 2.31. The van der Waals surface area contributed by atoms with E-state index in [-0.39, 0.29) is 0 Å². The van der Waals surface area contributed by atoms with Gasteiger partial charge in [0, 0.05) is 12.7 Å². The molecule has 2 heterocycles. The van der Waals surface area contributed by atoms with Crippen LogP contribution in [0.25, 0.3) is 0 Å². The zero-order chi connectivity index (χ0) is 10.7. The Labute approximate surface area is 92.7 Å². The van der Waals surface area contributed by atoms with E-state index in [4.69, 9.17) is 10.2 Å². The van der Waals surface area contributed by atoms with Gasteiger partial charge in [0.25, 0.3) is 0 Å². The highest BCUT2D eigenvalue weighted by atomic mass is 32.2. The Kier molecular flexibility index (Phi) is 3.08. The lowest BCUT2D eigenvalue weighted by Gasteiger charge is -2.04. The maximum atomic E-state index is 5.64. The molecule has 2 N–H and O–H groups in total. The summed E-state index contributed by atoms with van der Waals surface area (Å²) in [6.45, 7) is 2.44. The lowest BCUT2D eigenvalue weighted by molar-refractivity contribution is 0.527. The first kappa shape index (κ1) is 10.3. The topological polar surface area (TPSA) is 52.0 Å². The number of rotatable bonds is 3. The largest absolute Gasteiger partial charge is 0.468 e. The van der Waals surface area contributed by atoms with Gasteiger partial charge in [-0.25, -0.2) is 4.98 Å². The lowest BCUT2D eigenvalue weighted by Crippen LogP contribution is -1.99. The number of pyridine rings is 1. The Morgan fingerprint density at radius 3 is 3.00 bits per heavy atom. The van der Waals surface area contributed by atoms with Gasteiger partial charge < -0.3 is 10.2 Å². The van der Waals surface area contributed by atoms with Crippen LogP contribution in [-0.4, -0.2) is 4.98 Å². The zero-order valence-corrected chi connectivity index (χ0v) is 9.25. The average Bonchev–Trinajstić information content (AvgIpc) is 2.65. The molecule has 0 saturated carbocycles. The van der Waals surface area contributed by atoms with Crippen molar-refractivity contribution < 1.29 is 4.42 Å². The highest BCUT2D eigenvalue weighted by Gasteiger charge is 2.07. The van der Waals surface area contributed by atoms with Crippen molar-refractivity contribution in [3.8, 4) is 0 Å². The second-order valence-corrected chi connectivity index (χ2v) is 4.15. The van der Waals surface area contributed by atoms with Crippen LogP contribution in [-0.2, 0) is 6.54 Å². The van der Waals surface area contributed by atoms with E-state index in [0.717, 1.165) is 21.2 Å². The number of nitrogens with two attached hydrogens (primary N) is 1. The quantitative estimate of drug-likeness (QED) is 0.863. The van der Waals surface area contributed by atoms with Crippen molar-refractivity contribution in [3.63, 3.8) is 0 Å². The van der Waals surface area contributed by atoms with E-state index in [0.29, 0.717) is 6.54 Å². The van der Waals surface area contributed by atoms with E-state index < -0.39 is 0 Å². The first-order valence-corrected chi connectivity index (χ1v) is 5.49. The van der Waals surface area contributed by atoms with Crippen molar-refractivity contribution in [2.24, 2.45) is 5.73 Å². The van der Waals surface area contributed by atoms with Gasteiger partial charge in [-0.3, -0.25) is 0 Å². The number of hydrogen-bond donors (Lipinski definition) is 1. The van der Waals surface area contributed by atoms with Crippen molar-refractivity contribution in [1.82, 2.24) is 4.98 Å². The van der Waals surface area contributed by atoms with Crippen LogP contribution in [0.15, 0.2) is 45.0 Å². The molecule has 3 nitrogen and oxygen atoms in total. The summed E-state index contributed by atoms with van der Waals surface area (Å²) in [6, 6.07) is 5.83. The molecule has 4 heteroatoms. The summed E-state index contributed by atoms with van der Waals surface area (Å²) in [6.07, 6.45) is 3.46. The van der Waals surface area contributed by atoms with Crippen molar-refractivity contribution in [1.29, 1.82) is 0 Å². The lowest BCUT2D eigenvalue weighted by atomic mass is 10.3. The summed E-state index contributed by atoms with van der Waals surface area (Å²) in [5.74, 6) is 0.911. The van der Waals surface area contributed by atoms with Gasteiger partial charge in [-0.15, -0.1) is 0 Å². The van der Waals surface area contributed by atoms with Gasteiger partial charge >= 0.3 is 0 Å². The Hall–Kier alpha value is -1.26. The maximum absolute atomic E-state index is 5.64. The fraction of sp³-hybridized carbons (Fsp3) is 0.182. The van der Waals surface area contributed by atoms with E-state index in [1.807, 2.05) is 25.1 Å². The van der Waals surface area contributed by atoms with E-state index in [1.54, 1.807) is 24.2 Å². The van der Waals surface area contributed by atoms with Crippen LogP contribution in [0.1, 0.15) is 11.3 Å². The third-order valence-corrected chi connectivity index (χ3v) is 3.29. The minimum atomic E-state index is 0.507. The molecule has 0 fully saturated rings. The van der Waals surface area contributed by atoms with E-state index >= 15 is 0 Å². The van der Waals surface area contributed by atoms with Crippen LogP contribution in [0, 0.1) is 6.92 Å². The molecule has 2 aromatic heterocycles. The SMILES string of the molecule is Cc1occc1Sc1ncccc1CN. The Morgan fingerprint density at radius 2 is 2.33 bits per heavy atom. The maximum Gasteiger partial charge on any atom is 0.114 e. The minimum absolute atomic E-state index is 0.507. The number of aromatic nitrogens is 1. The molecule has 0 saturated heterocycles. The molecular formula is C11H12N2OS. The Balaban J connectivity index is 2.28. The van der Waals surface area contributed by atoms with Gasteiger partial charge in [0.05, 0.1) is 11.2 Å². The van der Waals surface area contributed by atoms with Gasteiger partial charge in [-0.1, -0.05) is 17.8 Å². The predicted molar refractivity (Wildman–Crippen MR) is 59.7 cm³/mol. The first-order valence-electron chi connectivity index (χ1n) is 4.67. The molecule has 78 valence electrons.